The van der Waals surface area contributed by atoms with Crippen molar-refractivity contribution >= 4 is 17.2 Å². The molecule has 1 N–H and O–H groups in total. The monoisotopic (exact) mass is 266 g/mol. The summed E-state index contributed by atoms with van der Waals surface area (Å²) in [5.74, 6) is 0.268. The van der Waals surface area contributed by atoms with Crippen LogP contribution in [0, 0.1) is 6.92 Å². The first kappa shape index (κ1) is 13.6. The molecule has 18 heavy (non-hydrogen) atoms. The number of hydrogen-bond acceptors (Lipinski definition) is 3. The summed E-state index contributed by atoms with van der Waals surface area (Å²) in [6, 6.07) is 4.65. The number of aryl methyl sites for hydroxylation is 1. The van der Waals surface area contributed by atoms with Crippen LogP contribution in [0.4, 0.5) is 0 Å². The number of carbonyl (C=O) groups is 1. The third kappa shape index (κ3) is 2.93. The maximum atomic E-state index is 12.3. The summed E-state index contributed by atoms with van der Waals surface area (Å²) < 4.78 is 0. The molecule has 0 aliphatic carbocycles. The van der Waals surface area contributed by atoms with E-state index in [0.717, 1.165) is 25.8 Å². The van der Waals surface area contributed by atoms with Gasteiger partial charge in [0.2, 0.25) is 5.91 Å². The lowest BCUT2D eigenvalue weighted by Crippen LogP contribution is -2.53. The van der Waals surface area contributed by atoms with E-state index in [9.17, 15) is 4.79 Å². The van der Waals surface area contributed by atoms with Gasteiger partial charge in [0.15, 0.2) is 0 Å². The van der Waals surface area contributed by atoms with E-state index in [2.05, 4.69) is 31.3 Å². The van der Waals surface area contributed by atoms with Gasteiger partial charge in [-0.2, -0.15) is 0 Å². The normalized spacial score (nSPS) is 22.3. The van der Waals surface area contributed by atoms with E-state index in [1.165, 1.54) is 9.75 Å². The van der Waals surface area contributed by atoms with Crippen LogP contribution in [0.1, 0.15) is 29.5 Å². The number of amides is 1. The minimum absolute atomic E-state index is 0.0197. The van der Waals surface area contributed by atoms with Gasteiger partial charge in [0.1, 0.15) is 0 Å². The van der Waals surface area contributed by atoms with Crippen molar-refractivity contribution in [3.8, 4) is 0 Å². The van der Waals surface area contributed by atoms with E-state index >= 15 is 0 Å². The Morgan fingerprint density at radius 2 is 2.33 bits per heavy atom. The number of likely N-dealkylation sites (tertiary alicyclic amines) is 1. The van der Waals surface area contributed by atoms with Gasteiger partial charge < -0.3 is 10.2 Å². The molecule has 0 bridgehead atoms. The van der Waals surface area contributed by atoms with Gasteiger partial charge in [0, 0.05) is 28.8 Å². The number of nitrogens with zero attached hydrogens (tertiary/aromatic N) is 1. The van der Waals surface area contributed by atoms with Crippen LogP contribution in [0.2, 0.25) is 0 Å². The summed E-state index contributed by atoms with van der Waals surface area (Å²) in [6.45, 7) is 5.19. The van der Waals surface area contributed by atoms with E-state index in [1.54, 1.807) is 0 Å². The Hall–Kier alpha value is -0.870. The number of rotatable bonds is 4. The molecule has 0 aromatic carbocycles. The summed E-state index contributed by atoms with van der Waals surface area (Å²) in [5, 5.41) is 3.12. The Morgan fingerprint density at radius 3 is 2.94 bits per heavy atom. The largest absolute Gasteiger partial charge is 0.338 e. The van der Waals surface area contributed by atoms with Crippen LogP contribution in [-0.2, 0) is 11.2 Å². The quantitative estimate of drug-likeness (QED) is 0.906. The topological polar surface area (TPSA) is 32.3 Å². The molecule has 2 heterocycles. The zero-order chi connectivity index (χ0) is 13.1. The SMILES string of the molecule is CNC1CCCN(C(C)Cc2ccc(C)s2)C1=O. The molecule has 1 aromatic rings. The van der Waals surface area contributed by atoms with Gasteiger partial charge in [-0.15, -0.1) is 11.3 Å². The van der Waals surface area contributed by atoms with Crippen molar-refractivity contribution in [2.75, 3.05) is 13.6 Å². The molecule has 0 radical (unpaired) electrons. The van der Waals surface area contributed by atoms with Crippen LogP contribution in [-0.4, -0.2) is 36.5 Å². The van der Waals surface area contributed by atoms with Gasteiger partial charge in [-0.1, -0.05) is 0 Å². The molecule has 1 amide bonds. The van der Waals surface area contributed by atoms with Crippen molar-refractivity contribution < 1.29 is 4.79 Å². The molecule has 0 saturated carbocycles. The van der Waals surface area contributed by atoms with Gasteiger partial charge >= 0.3 is 0 Å². The molecule has 3 nitrogen and oxygen atoms in total. The number of thiophene rings is 1. The lowest BCUT2D eigenvalue weighted by atomic mass is 10.0. The van der Waals surface area contributed by atoms with Crippen LogP contribution >= 0.6 is 11.3 Å². The van der Waals surface area contributed by atoms with E-state index < -0.39 is 0 Å². The molecule has 1 fully saturated rings. The minimum atomic E-state index is 0.0197. The van der Waals surface area contributed by atoms with Crippen molar-refractivity contribution in [1.29, 1.82) is 0 Å². The molecular weight excluding hydrogens is 244 g/mol. The van der Waals surface area contributed by atoms with E-state index in [1.807, 2.05) is 23.3 Å². The molecular formula is C14H22N2OS. The minimum Gasteiger partial charge on any atom is -0.338 e. The predicted molar refractivity (Wildman–Crippen MR) is 76.0 cm³/mol. The zero-order valence-electron chi connectivity index (χ0n) is 11.4. The molecule has 100 valence electrons. The smallest absolute Gasteiger partial charge is 0.239 e. The number of piperidine rings is 1. The van der Waals surface area contributed by atoms with Crippen molar-refractivity contribution in [2.24, 2.45) is 0 Å². The fourth-order valence-corrected chi connectivity index (χ4v) is 3.61. The average Bonchev–Trinajstić information content (AvgIpc) is 2.75. The third-order valence-corrected chi connectivity index (χ3v) is 4.67. The highest BCUT2D eigenvalue weighted by molar-refractivity contribution is 7.11. The molecule has 2 unspecified atom stereocenters. The summed E-state index contributed by atoms with van der Waals surface area (Å²) >= 11 is 1.83. The van der Waals surface area contributed by atoms with E-state index in [0.29, 0.717) is 6.04 Å². The van der Waals surface area contributed by atoms with Crippen molar-refractivity contribution in [3.63, 3.8) is 0 Å². The Kier molecular flexibility index (Phi) is 4.40. The number of nitrogens with one attached hydrogen (secondary N) is 1. The van der Waals surface area contributed by atoms with Crippen LogP contribution in [0.25, 0.3) is 0 Å². The Bertz CT molecular complexity index is 416. The van der Waals surface area contributed by atoms with Crippen LogP contribution in [0.5, 0.6) is 0 Å². The first-order valence-corrected chi connectivity index (χ1v) is 7.46. The molecule has 4 heteroatoms. The Morgan fingerprint density at radius 1 is 1.56 bits per heavy atom. The van der Waals surface area contributed by atoms with Crippen molar-refractivity contribution in [3.05, 3.63) is 21.9 Å². The number of carbonyl (C=O) groups excluding carboxylic acids is 1. The zero-order valence-corrected chi connectivity index (χ0v) is 12.2. The van der Waals surface area contributed by atoms with Gasteiger partial charge in [-0.3, -0.25) is 4.79 Å². The second kappa shape index (κ2) is 5.85. The van der Waals surface area contributed by atoms with E-state index in [-0.39, 0.29) is 11.9 Å². The van der Waals surface area contributed by atoms with Gasteiger partial charge in [-0.25, -0.2) is 0 Å². The molecule has 1 aliphatic rings. The van der Waals surface area contributed by atoms with Crippen LogP contribution < -0.4 is 5.32 Å². The standard InChI is InChI=1S/C14H22N2OS/c1-10(9-12-7-6-11(2)18-12)16-8-4-5-13(15-3)14(16)17/h6-7,10,13,15H,4-5,8-9H2,1-3H3. The van der Waals surface area contributed by atoms with Gasteiger partial charge in [-0.05, 0) is 45.9 Å². The molecule has 0 spiro atoms. The number of hydrogen-bond donors (Lipinski definition) is 1. The molecule has 1 aliphatic heterocycles. The molecule has 2 atom stereocenters. The average molecular weight is 266 g/mol. The first-order chi connectivity index (χ1) is 8.61. The summed E-state index contributed by atoms with van der Waals surface area (Å²) in [4.78, 5) is 17.0. The lowest BCUT2D eigenvalue weighted by Gasteiger charge is -2.36. The molecule has 2 rings (SSSR count). The number of likely N-dealkylation sites (N-methyl/N-ethyl adjacent to an activating group) is 1. The molecule has 1 saturated heterocycles. The predicted octanol–water partition coefficient (Wildman–Crippen LogP) is 2.20. The fraction of sp³-hybridized carbons (Fsp3) is 0.643. The Labute approximate surface area is 113 Å². The van der Waals surface area contributed by atoms with Crippen LogP contribution in [0.15, 0.2) is 12.1 Å². The second-order valence-corrected chi connectivity index (χ2v) is 6.45. The summed E-state index contributed by atoms with van der Waals surface area (Å²) in [7, 11) is 1.87. The van der Waals surface area contributed by atoms with Crippen molar-refractivity contribution in [1.82, 2.24) is 10.2 Å². The molecule has 1 aromatic heterocycles. The summed E-state index contributed by atoms with van der Waals surface area (Å²) in [6.07, 6.45) is 3.04. The third-order valence-electron chi connectivity index (χ3n) is 3.65. The lowest BCUT2D eigenvalue weighted by molar-refractivity contribution is -0.137. The maximum absolute atomic E-state index is 12.3. The second-order valence-electron chi connectivity index (χ2n) is 5.08. The van der Waals surface area contributed by atoms with Gasteiger partial charge in [0.05, 0.1) is 6.04 Å². The first-order valence-electron chi connectivity index (χ1n) is 6.65. The van der Waals surface area contributed by atoms with Crippen LogP contribution in [0.3, 0.4) is 0 Å². The Balaban J connectivity index is 1.99. The van der Waals surface area contributed by atoms with E-state index in [4.69, 9.17) is 0 Å². The highest BCUT2D eigenvalue weighted by Gasteiger charge is 2.30. The highest BCUT2D eigenvalue weighted by atomic mass is 32.1. The van der Waals surface area contributed by atoms with Gasteiger partial charge in [0.25, 0.3) is 0 Å². The summed E-state index contributed by atoms with van der Waals surface area (Å²) in [5.41, 5.74) is 0. The fourth-order valence-electron chi connectivity index (χ4n) is 2.60. The van der Waals surface area contributed by atoms with Crippen molar-refractivity contribution in [2.45, 2.75) is 45.2 Å². The highest BCUT2D eigenvalue weighted by Crippen LogP contribution is 2.21. The maximum Gasteiger partial charge on any atom is 0.239 e.